The molecule has 26 heavy (non-hydrogen) atoms. The predicted octanol–water partition coefficient (Wildman–Crippen LogP) is 3.12. The second-order valence-electron chi connectivity index (χ2n) is 6.55. The Labute approximate surface area is 155 Å². The van der Waals surface area contributed by atoms with Crippen molar-refractivity contribution in [2.24, 2.45) is 0 Å². The number of nitrogens with zero attached hydrogens (tertiary/aromatic N) is 2. The Morgan fingerprint density at radius 1 is 1.08 bits per heavy atom. The molecule has 5 heteroatoms. The molecular formula is C21H26N2O3. The van der Waals surface area contributed by atoms with E-state index < -0.39 is 6.10 Å². The number of ether oxygens (including phenoxy) is 2. The van der Waals surface area contributed by atoms with Crippen LogP contribution >= 0.6 is 0 Å². The summed E-state index contributed by atoms with van der Waals surface area (Å²) in [5, 5.41) is 0. The fourth-order valence-corrected chi connectivity index (χ4v) is 3.50. The molecule has 1 fully saturated rings. The van der Waals surface area contributed by atoms with Gasteiger partial charge in [0.1, 0.15) is 5.75 Å². The summed E-state index contributed by atoms with van der Waals surface area (Å²) in [6.45, 7) is 4.27. The molecule has 1 heterocycles. The lowest BCUT2D eigenvalue weighted by molar-refractivity contribution is -0.143. The highest BCUT2D eigenvalue weighted by molar-refractivity contribution is 5.82. The molecule has 0 radical (unpaired) electrons. The van der Waals surface area contributed by atoms with Gasteiger partial charge in [0.2, 0.25) is 0 Å². The van der Waals surface area contributed by atoms with Gasteiger partial charge in [-0.15, -0.1) is 0 Å². The molecule has 1 amide bonds. The number of hydrogen-bond donors (Lipinski definition) is 0. The number of carbonyl (C=O) groups is 1. The summed E-state index contributed by atoms with van der Waals surface area (Å²) >= 11 is 0. The van der Waals surface area contributed by atoms with E-state index in [1.54, 1.807) is 14.2 Å². The molecule has 0 saturated carbocycles. The van der Waals surface area contributed by atoms with Crippen LogP contribution in [0.15, 0.2) is 54.6 Å². The number of amides is 1. The minimum Gasteiger partial charge on any atom is -0.497 e. The van der Waals surface area contributed by atoms with Crippen molar-refractivity contribution >= 4 is 11.6 Å². The maximum absolute atomic E-state index is 13.0. The smallest absolute Gasteiger partial charge is 0.256 e. The Hall–Kier alpha value is -2.53. The van der Waals surface area contributed by atoms with Crippen LogP contribution in [0.5, 0.6) is 5.75 Å². The highest BCUT2D eigenvalue weighted by atomic mass is 16.5. The van der Waals surface area contributed by atoms with E-state index in [1.165, 1.54) is 0 Å². The van der Waals surface area contributed by atoms with Gasteiger partial charge in [-0.3, -0.25) is 4.79 Å². The van der Waals surface area contributed by atoms with Gasteiger partial charge in [-0.25, -0.2) is 0 Å². The normalized spacial score (nSPS) is 18.5. The van der Waals surface area contributed by atoms with Crippen molar-refractivity contribution in [1.29, 1.82) is 0 Å². The van der Waals surface area contributed by atoms with Crippen LogP contribution in [-0.2, 0) is 9.53 Å². The molecule has 3 rings (SSSR count). The molecule has 0 aliphatic carbocycles. The molecule has 0 unspecified atom stereocenters. The number of methoxy groups -OCH3 is 2. The van der Waals surface area contributed by atoms with Crippen molar-refractivity contribution in [2.75, 3.05) is 38.8 Å². The number of anilines is 1. The zero-order valence-electron chi connectivity index (χ0n) is 15.6. The lowest BCUT2D eigenvalue weighted by Crippen LogP contribution is -2.54. The SMILES string of the molecule is COc1cccc(N2CCN(C(=O)[C@@H](OC)c3ccccc3)C[C@H]2C)c1. The third kappa shape index (κ3) is 3.83. The maximum Gasteiger partial charge on any atom is 0.256 e. The van der Waals surface area contributed by atoms with Crippen molar-refractivity contribution in [1.82, 2.24) is 4.90 Å². The number of hydrogen-bond acceptors (Lipinski definition) is 4. The zero-order valence-corrected chi connectivity index (χ0v) is 15.6. The van der Waals surface area contributed by atoms with Gasteiger partial charge >= 0.3 is 0 Å². The van der Waals surface area contributed by atoms with E-state index in [0.717, 1.165) is 23.5 Å². The van der Waals surface area contributed by atoms with Crippen LogP contribution in [0.3, 0.4) is 0 Å². The van der Waals surface area contributed by atoms with Crippen LogP contribution in [0.1, 0.15) is 18.6 Å². The quantitative estimate of drug-likeness (QED) is 0.827. The van der Waals surface area contributed by atoms with Gasteiger partial charge in [0.25, 0.3) is 5.91 Å². The van der Waals surface area contributed by atoms with E-state index in [0.29, 0.717) is 13.1 Å². The van der Waals surface area contributed by atoms with Crippen molar-refractivity contribution in [3.63, 3.8) is 0 Å². The van der Waals surface area contributed by atoms with Gasteiger partial charge < -0.3 is 19.3 Å². The van der Waals surface area contributed by atoms with Crippen molar-refractivity contribution in [3.05, 3.63) is 60.2 Å². The summed E-state index contributed by atoms with van der Waals surface area (Å²) in [4.78, 5) is 17.2. The molecular weight excluding hydrogens is 328 g/mol. The number of carbonyl (C=O) groups excluding carboxylic acids is 1. The van der Waals surface area contributed by atoms with Crippen molar-refractivity contribution in [2.45, 2.75) is 19.1 Å². The molecule has 0 aromatic heterocycles. The first-order valence-corrected chi connectivity index (χ1v) is 8.91. The Morgan fingerprint density at radius 3 is 2.50 bits per heavy atom. The van der Waals surface area contributed by atoms with E-state index >= 15 is 0 Å². The first-order valence-electron chi connectivity index (χ1n) is 8.91. The van der Waals surface area contributed by atoms with Crippen LogP contribution in [-0.4, -0.2) is 50.7 Å². The number of benzene rings is 2. The van der Waals surface area contributed by atoms with Crippen molar-refractivity contribution in [3.8, 4) is 5.75 Å². The molecule has 2 aromatic carbocycles. The largest absolute Gasteiger partial charge is 0.497 e. The molecule has 2 atom stereocenters. The van der Waals surface area contributed by atoms with E-state index in [4.69, 9.17) is 9.47 Å². The number of piperazine rings is 1. The Bertz CT molecular complexity index is 735. The summed E-state index contributed by atoms with van der Waals surface area (Å²) in [5.41, 5.74) is 2.01. The van der Waals surface area contributed by atoms with E-state index in [2.05, 4.69) is 17.9 Å². The summed E-state index contributed by atoms with van der Waals surface area (Å²) < 4.78 is 10.8. The van der Waals surface area contributed by atoms with Crippen LogP contribution in [0.4, 0.5) is 5.69 Å². The minimum absolute atomic E-state index is 0.0239. The molecule has 0 spiro atoms. The lowest BCUT2D eigenvalue weighted by Gasteiger charge is -2.42. The Balaban J connectivity index is 1.70. The minimum atomic E-state index is -0.549. The zero-order chi connectivity index (χ0) is 18.5. The monoisotopic (exact) mass is 354 g/mol. The first kappa shape index (κ1) is 18.3. The Kier molecular flexibility index (Phi) is 5.78. The lowest BCUT2D eigenvalue weighted by atomic mass is 10.1. The molecule has 0 N–H and O–H groups in total. The van der Waals surface area contributed by atoms with E-state index in [1.807, 2.05) is 53.4 Å². The summed E-state index contributed by atoms with van der Waals surface area (Å²) in [7, 11) is 3.26. The summed E-state index contributed by atoms with van der Waals surface area (Å²) in [5.74, 6) is 0.868. The molecule has 5 nitrogen and oxygen atoms in total. The van der Waals surface area contributed by atoms with Crippen LogP contribution < -0.4 is 9.64 Å². The predicted molar refractivity (Wildman–Crippen MR) is 103 cm³/mol. The molecule has 1 aliphatic rings. The Morgan fingerprint density at radius 2 is 1.85 bits per heavy atom. The topological polar surface area (TPSA) is 42.0 Å². The average molecular weight is 354 g/mol. The molecule has 2 aromatic rings. The van der Waals surface area contributed by atoms with Gasteiger partial charge in [0.05, 0.1) is 7.11 Å². The van der Waals surface area contributed by atoms with Gasteiger partial charge in [0, 0.05) is 44.5 Å². The van der Waals surface area contributed by atoms with E-state index in [9.17, 15) is 4.79 Å². The molecule has 0 bridgehead atoms. The maximum atomic E-state index is 13.0. The van der Waals surface area contributed by atoms with Crippen LogP contribution in [0, 0.1) is 0 Å². The molecule has 1 aliphatic heterocycles. The van der Waals surface area contributed by atoms with Crippen molar-refractivity contribution < 1.29 is 14.3 Å². The summed E-state index contributed by atoms with van der Waals surface area (Å²) in [6.07, 6.45) is -0.549. The fourth-order valence-electron chi connectivity index (χ4n) is 3.50. The number of rotatable bonds is 5. The second kappa shape index (κ2) is 8.23. The highest BCUT2D eigenvalue weighted by Crippen LogP contribution is 2.26. The van der Waals surface area contributed by atoms with Gasteiger partial charge in [-0.2, -0.15) is 0 Å². The average Bonchev–Trinajstić information content (AvgIpc) is 2.69. The molecule has 138 valence electrons. The van der Waals surface area contributed by atoms with Crippen LogP contribution in [0.2, 0.25) is 0 Å². The second-order valence-corrected chi connectivity index (χ2v) is 6.55. The van der Waals surface area contributed by atoms with Crippen LogP contribution in [0.25, 0.3) is 0 Å². The van der Waals surface area contributed by atoms with Gasteiger partial charge in [0.15, 0.2) is 6.10 Å². The van der Waals surface area contributed by atoms with Gasteiger partial charge in [-0.1, -0.05) is 36.4 Å². The third-order valence-corrected chi connectivity index (χ3v) is 4.89. The molecule has 1 saturated heterocycles. The highest BCUT2D eigenvalue weighted by Gasteiger charge is 2.31. The first-order chi connectivity index (χ1) is 12.6. The van der Waals surface area contributed by atoms with E-state index in [-0.39, 0.29) is 11.9 Å². The summed E-state index contributed by atoms with van der Waals surface area (Å²) in [6, 6.07) is 17.9. The fraction of sp³-hybridized carbons (Fsp3) is 0.381. The third-order valence-electron chi connectivity index (χ3n) is 4.89. The van der Waals surface area contributed by atoms with Gasteiger partial charge in [-0.05, 0) is 24.6 Å². The standard InChI is InChI=1S/C21H26N2O3/c1-16-15-22(21(24)20(26-3)17-8-5-4-6-9-17)12-13-23(16)18-10-7-11-19(14-18)25-2/h4-11,14,16,20H,12-13,15H2,1-3H3/t16-,20+/m1/s1.